The van der Waals surface area contributed by atoms with Crippen LogP contribution in [0.5, 0.6) is 0 Å². The number of alkyl halides is 3. The van der Waals surface area contributed by atoms with Gasteiger partial charge in [0.1, 0.15) is 4.88 Å². The molecule has 0 amide bonds. The first-order valence-electron chi connectivity index (χ1n) is 8.57. The third kappa shape index (κ3) is 5.13. The van der Waals surface area contributed by atoms with Crippen molar-refractivity contribution in [1.82, 2.24) is 4.90 Å². The fourth-order valence-electron chi connectivity index (χ4n) is 2.70. The summed E-state index contributed by atoms with van der Waals surface area (Å²) >= 11 is 1.32. The summed E-state index contributed by atoms with van der Waals surface area (Å²) < 4.78 is 48.1. The van der Waals surface area contributed by atoms with Crippen LogP contribution in [-0.4, -0.2) is 44.3 Å². The lowest BCUT2D eigenvalue weighted by Gasteiger charge is -2.26. The number of methoxy groups -OCH3 is 1. The summed E-state index contributed by atoms with van der Waals surface area (Å²) in [5, 5.41) is 0. The molecule has 1 aliphatic heterocycles. The monoisotopic (exact) mass is 409 g/mol. The Morgan fingerprint density at radius 3 is 2.50 bits per heavy atom. The number of morpholine rings is 1. The number of thiophene rings is 1. The van der Waals surface area contributed by atoms with E-state index in [0.717, 1.165) is 30.1 Å². The van der Waals surface area contributed by atoms with E-state index in [9.17, 15) is 18.0 Å². The number of halogens is 3. The van der Waals surface area contributed by atoms with E-state index in [0.29, 0.717) is 35.8 Å². The maximum Gasteiger partial charge on any atom is 0.416 e. The average molecular weight is 409 g/mol. The van der Waals surface area contributed by atoms with Gasteiger partial charge in [0, 0.05) is 35.6 Å². The fraction of sp³-hybridized carbons (Fsp3) is 0.350. The minimum absolute atomic E-state index is 0.434. The van der Waals surface area contributed by atoms with E-state index in [4.69, 9.17) is 9.47 Å². The lowest BCUT2D eigenvalue weighted by atomic mass is 10.1. The van der Waals surface area contributed by atoms with Crippen molar-refractivity contribution in [3.63, 3.8) is 0 Å². The molecule has 1 fully saturated rings. The summed E-state index contributed by atoms with van der Waals surface area (Å²) in [5.74, 6) is 5.44. The SMILES string of the molecule is COC(=O)c1cc(C#Cc2ccc(C(F)(F)F)cc2)c(CN2CCOCC2)s1. The molecule has 1 aromatic carbocycles. The number of hydrogen-bond donors (Lipinski definition) is 0. The van der Waals surface area contributed by atoms with E-state index in [1.54, 1.807) is 6.07 Å². The molecule has 0 radical (unpaired) electrons. The highest BCUT2D eigenvalue weighted by molar-refractivity contribution is 7.14. The standard InChI is InChI=1S/C20H18F3NO3S/c1-26-19(25)17-12-15(18(28-17)13-24-8-10-27-11-9-24)5-2-14-3-6-16(7-4-14)20(21,22)23/h3-4,6-7,12H,8-11,13H2,1H3. The lowest BCUT2D eigenvalue weighted by molar-refractivity contribution is -0.137. The van der Waals surface area contributed by atoms with Crippen molar-refractivity contribution in [2.75, 3.05) is 33.4 Å². The second-order valence-corrected chi connectivity index (χ2v) is 7.29. The van der Waals surface area contributed by atoms with E-state index >= 15 is 0 Å². The molecule has 0 unspecified atom stereocenters. The van der Waals surface area contributed by atoms with Gasteiger partial charge in [0.2, 0.25) is 0 Å². The largest absolute Gasteiger partial charge is 0.465 e. The minimum Gasteiger partial charge on any atom is -0.465 e. The summed E-state index contributed by atoms with van der Waals surface area (Å²) in [6, 6.07) is 6.36. The zero-order valence-corrected chi connectivity index (χ0v) is 16.0. The van der Waals surface area contributed by atoms with Gasteiger partial charge in [-0.3, -0.25) is 4.90 Å². The molecule has 1 aliphatic rings. The topological polar surface area (TPSA) is 38.8 Å². The van der Waals surface area contributed by atoms with E-state index in [2.05, 4.69) is 16.7 Å². The molecule has 0 aliphatic carbocycles. The van der Waals surface area contributed by atoms with Gasteiger partial charge in [-0.25, -0.2) is 4.79 Å². The van der Waals surface area contributed by atoms with Crippen LogP contribution >= 0.6 is 11.3 Å². The molecular formula is C20H18F3NO3S. The molecule has 0 spiro atoms. The Hall–Kier alpha value is -2.34. The number of rotatable bonds is 3. The van der Waals surface area contributed by atoms with Gasteiger partial charge in [-0.05, 0) is 30.3 Å². The van der Waals surface area contributed by atoms with Gasteiger partial charge in [-0.1, -0.05) is 11.8 Å². The summed E-state index contributed by atoms with van der Waals surface area (Å²) in [6.07, 6.45) is -4.37. The molecule has 0 N–H and O–H groups in total. The van der Waals surface area contributed by atoms with Crippen LogP contribution in [0.1, 0.15) is 31.2 Å². The summed E-state index contributed by atoms with van der Waals surface area (Å²) in [4.78, 5) is 15.4. The van der Waals surface area contributed by atoms with Crippen molar-refractivity contribution < 1.29 is 27.4 Å². The first kappa shape index (κ1) is 20.4. The highest BCUT2D eigenvalue weighted by Gasteiger charge is 2.29. The normalized spacial score (nSPS) is 15.0. The van der Waals surface area contributed by atoms with E-state index in [1.807, 2.05) is 0 Å². The third-order valence-electron chi connectivity index (χ3n) is 4.22. The smallest absolute Gasteiger partial charge is 0.416 e. The van der Waals surface area contributed by atoms with Crippen LogP contribution in [0.3, 0.4) is 0 Å². The first-order valence-corrected chi connectivity index (χ1v) is 9.39. The molecule has 28 heavy (non-hydrogen) atoms. The maximum absolute atomic E-state index is 12.7. The zero-order chi connectivity index (χ0) is 20.1. The Morgan fingerprint density at radius 1 is 1.21 bits per heavy atom. The van der Waals surface area contributed by atoms with E-state index < -0.39 is 17.7 Å². The van der Waals surface area contributed by atoms with E-state index in [1.165, 1.54) is 30.6 Å². The second-order valence-electron chi connectivity index (χ2n) is 6.15. The number of nitrogens with zero attached hydrogens (tertiary/aromatic N) is 1. The number of carbonyl (C=O) groups excluding carboxylic acids is 1. The van der Waals surface area contributed by atoms with Crippen molar-refractivity contribution in [3.05, 3.63) is 56.8 Å². The van der Waals surface area contributed by atoms with Gasteiger partial charge in [0.25, 0.3) is 0 Å². The lowest BCUT2D eigenvalue weighted by Crippen LogP contribution is -2.35. The number of esters is 1. The van der Waals surface area contributed by atoms with Crippen molar-refractivity contribution in [2.45, 2.75) is 12.7 Å². The molecule has 2 heterocycles. The van der Waals surface area contributed by atoms with Crippen LogP contribution in [0.2, 0.25) is 0 Å². The van der Waals surface area contributed by atoms with Crippen LogP contribution < -0.4 is 0 Å². The van der Waals surface area contributed by atoms with Crippen LogP contribution in [0.4, 0.5) is 13.2 Å². The Kier molecular flexibility index (Phi) is 6.39. The molecule has 148 valence electrons. The number of ether oxygens (including phenoxy) is 2. The predicted octanol–water partition coefficient (Wildman–Crippen LogP) is 3.79. The zero-order valence-electron chi connectivity index (χ0n) is 15.1. The van der Waals surface area contributed by atoms with Gasteiger partial charge in [-0.15, -0.1) is 11.3 Å². The van der Waals surface area contributed by atoms with Gasteiger partial charge in [-0.2, -0.15) is 13.2 Å². The molecule has 3 rings (SSSR count). The highest BCUT2D eigenvalue weighted by atomic mass is 32.1. The maximum atomic E-state index is 12.7. The van der Waals surface area contributed by atoms with Crippen molar-refractivity contribution in [1.29, 1.82) is 0 Å². The third-order valence-corrected chi connectivity index (χ3v) is 5.32. The number of hydrogen-bond acceptors (Lipinski definition) is 5. The van der Waals surface area contributed by atoms with Gasteiger partial charge in [0.05, 0.1) is 25.9 Å². The van der Waals surface area contributed by atoms with E-state index in [-0.39, 0.29) is 0 Å². The van der Waals surface area contributed by atoms with Crippen molar-refractivity contribution in [2.24, 2.45) is 0 Å². The minimum atomic E-state index is -4.37. The Bertz CT molecular complexity index is 888. The molecule has 1 aromatic heterocycles. The fourth-order valence-corrected chi connectivity index (χ4v) is 3.77. The quantitative estimate of drug-likeness (QED) is 0.571. The van der Waals surface area contributed by atoms with Crippen molar-refractivity contribution in [3.8, 4) is 11.8 Å². The molecule has 2 aromatic rings. The molecular weight excluding hydrogens is 391 g/mol. The molecule has 1 saturated heterocycles. The molecule has 0 atom stereocenters. The molecule has 0 saturated carbocycles. The molecule has 4 nitrogen and oxygen atoms in total. The number of benzene rings is 1. The van der Waals surface area contributed by atoms with Gasteiger partial charge >= 0.3 is 12.1 Å². The summed E-state index contributed by atoms with van der Waals surface area (Å²) in [5.41, 5.74) is 0.433. The van der Waals surface area contributed by atoms with Crippen LogP contribution in [0.15, 0.2) is 30.3 Å². The first-order chi connectivity index (χ1) is 13.4. The van der Waals surface area contributed by atoms with Gasteiger partial charge in [0.15, 0.2) is 0 Å². The highest BCUT2D eigenvalue weighted by Crippen LogP contribution is 2.29. The molecule has 0 bridgehead atoms. The van der Waals surface area contributed by atoms with Gasteiger partial charge < -0.3 is 9.47 Å². The number of carbonyl (C=O) groups is 1. The Balaban J connectivity index is 1.84. The average Bonchev–Trinajstić information content (AvgIpc) is 3.09. The summed E-state index contributed by atoms with van der Waals surface area (Å²) in [6.45, 7) is 3.51. The van der Waals surface area contributed by atoms with Crippen molar-refractivity contribution >= 4 is 17.3 Å². The second kappa shape index (κ2) is 8.78. The Labute approximate surface area is 164 Å². The van der Waals surface area contributed by atoms with Crippen LogP contribution in [0.25, 0.3) is 0 Å². The molecule has 8 heteroatoms. The Morgan fingerprint density at radius 2 is 1.89 bits per heavy atom. The summed E-state index contributed by atoms with van der Waals surface area (Å²) in [7, 11) is 1.32. The van der Waals surface area contributed by atoms with Crippen LogP contribution in [-0.2, 0) is 22.2 Å². The van der Waals surface area contributed by atoms with Crippen LogP contribution in [0, 0.1) is 11.8 Å². The predicted molar refractivity (Wildman–Crippen MR) is 99.2 cm³/mol.